The van der Waals surface area contributed by atoms with Crippen molar-refractivity contribution in [2.75, 3.05) is 6.61 Å². The van der Waals surface area contributed by atoms with Crippen molar-refractivity contribution >= 4 is 5.97 Å². The van der Waals surface area contributed by atoms with Crippen LogP contribution in [0.15, 0.2) is 0 Å². The third-order valence-corrected chi connectivity index (χ3v) is 4.23. The molecule has 0 bridgehead atoms. The molecule has 1 unspecified atom stereocenters. The maximum absolute atomic E-state index is 11.4. The average molecular weight is 226 g/mol. The monoisotopic (exact) mass is 226 g/mol. The summed E-state index contributed by atoms with van der Waals surface area (Å²) in [5.41, 5.74) is -0.426. The summed E-state index contributed by atoms with van der Waals surface area (Å²) in [7, 11) is 0. The molecule has 92 valence electrons. The minimum absolute atomic E-state index is 0.332. The van der Waals surface area contributed by atoms with Crippen LogP contribution in [-0.2, 0) is 9.53 Å². The molecule has 0 amide bonds. The molecule has 1 aliphatic carbocycles. The molecule has 1 saturated heterocycles. The molecule has 0 aromatic rings. The van der Waals surface area contributed by atoms with E-state index < -0.39 is 11.4 Å². The second kappa shape index (κ2) is 5.17. The van der Waals surface area contributed by atoms with Gasteiger partial charge in [0.25, 0.3) is 0 Å². The van der Waals surface area contributed by atoms with E-state index in [4.69, 9.17) is 4.74 Å². The van der Waals surface area contributed by atoms with Crippen LogP contribution in [0.3, 0.4) is 0 Å². The molecule has 2 rings (SSSR count). The van der Waals surface area contributed by atoms with E-state index in [0.717, 1.165) is 58.0 Å². The zero-order valence-corrected chi connectivity index (χ0v) is 9.91. The number of carboxylic acid groups (broad SMARTS) is 1. The van der Waals surface area contributed by atoms with Crippen LogP contribution < -0.4 is 0 Å². The maximum atomic E-state index is 11.4. The molecule has 3 nitrogen and oxygen atoms in total. The topological polar surface area (TPSA) is 46.5 Å². The fourth-order valence-electron chi connectivity index (χ4n) is 3.11. The van der Waals surface area contributed by atoms with Gasteiger partial charge in [0, 0.05) is 6.61 Å². The fourth-order valence-corrected chi connectivity index (χ4v) is 3.11. The number of hydrogen-bond donors (Lipinski definition) is 1. The first-order chi connectivity index (χ1) is 7.73. The van der Waals surface area contributed by atoms with Gasteiger partial charge in [0.2, 0.25) is 0 Å². The molecule has 0 aromatic heterocycles. The summed E-state index contributed by atoms with van der Waals surface area (Å²) in [5, 5.41) is 9.42. The Morgan fingerprint density at radius 3 is 2.56 bits per heavy atom. The first kappa shape index (κ1) is 11.9. The lowest BCUT2D eigenvalue weighted by molar-refractivity contribution is -0.152. The van der Waals surface area contributed by atoms with Crippen molar-refractivity contribution in [2.45, 2.75) is 63.9 Å². The van der Waals surface area contributed by atoms with Gasteiger partial charge in [-0.3, -0.25) is 4.79 Å². The Kier molecular flexibility index (Phi) is 3.85. The van der Waals surface area contributed by atoms with E-state index in [9.17, 15) is 9.90 Å². The van der Waals surface area contributed by atoms with Gasteiger partial charge in [-0.25, -0.2) is 0 Å². The summed E-state index contributed by atoms with van der Waals surface area (Å²) < 4.78 is 5.58. The molecule has 0 aromatic carbocycles. The standard InChI is InChI=1S/C13H22O3/c14-12(15)13(7-2-1-3-8-13)9-6-11-5-4-10-16-11/h11H,1-10H2,(H,14,15). The summed E-state index contributed by atoms with van der Waals surface area (Å²) in [5.74, 6) is -0.579. The third kappa shape index (κ3) is 2.57. The molecule has 2 fully saturated rings. The van der Waals surface area contributed by atoms with E-state index >= 15 is 0 Å². The molecule has 1 heterocycles. The molecular formula is C13H22O3. The van der Waals surface area contributed by atoms with Gasteiger partial charge in [0.1, 0.15) is 0 Å². The second-order valence-electron chi connectivity index (χ2n) is 5.32. The summed E-state index contributed by atoms with van der Waals surface area (Å²) in [6.07, 6.45) is 9.45. The van der Waals surface area contributed by atoms with E-state index in [1.54, 1.807) is 0 Å². The zero-order valence-electron chi connectivity index (χ0n) is 9.91. The molecule has 0 radical (unpaired) electrons. The molecule has 16 heavy (non-hydrogen) atoms. The minimum Gasteiger partial charge on any atom is -0.481 e. The highest BCUT2D eigenvalue weighted by Gasteiger charge is 2.39. The number of carbonyl (C=O) groups is 1. The van der Waals surface area contributed by atoms with Crippen molar-refractivity contribution in [3.63, 3.8) is 0 Å². The smallest absolute Gasteiger partial charge is 0.309 e. The van der Waals surface area contributed by atoms with Crippen molar-refractivity contribution in [1.82, 2.24) is 0 Å². The van der Waals surface area contributed by atoms with Crippen molar-refractivity contribution in [1.29, 1.82) is 0 Å². The molecule has 0 spiro atoms. The van der Waals surface area contributed by atoms with Crippen LogP contribution in [0.5, 0.6) is 0 Å². The van der Waals surface area contributed by atoms with Gasteiger partial charge in [-0.2, -0.15) is 0 Å². The van der Waals surface area contributed by atoms with Gasteiger partial charge >= 0.3 is 5.97 Å². The van der Waals surface area contributed by atoms with Crippen molar-refractivity contribution in [3.05, 3.63) is 0 Å². The number of hydrogen-bond acceptors (Lipinski definition) is 2. The van der Waals surface area contributed by atoms with E-state index in [1.165, 1.54) is 6.42 Å². The lowest BCUT2D eigenvalue weighted by atomic mass is 9.71. The SMILES string of the molecule is O=C(O)C1(CCC2CCCO2)CCCCC1. The van der Waals surface area contributed by atoms with Crippen LogP contribution in [0.4, 0.5) is 0 Å². The van der Waals surface area contributed by atoms with Crippen LogP contribution in [0.2, 0.25) is 0 Å². The Hall–Kier alpha value is -0.570. The highest BCUT2D eigenvalue weighted by molar-refractivity contribution is 5.74. The number of carboxylic acids is 1. The zero-order chi connectivity index (χ0) is 11.4. The largest absolute Gasteiger partial charge is 0.481 e. The lowest BCUT2D eigenvalue weighted by Crippen LogP contribution is -2.34. The number of rotatable bonds is 4. The molecule has 1 aliphatic heterocycles. The van der Waals surface area contributed by atoms with Crippen LogP contribution in [-0.4, -0.2) is 23.8 Å². The average Bonchev–Trinajstić information content (AvgIpc) is 2.80. The highest BCUT2D eigenvalue weighted by atomic mass is 16.5. The summed E-state index contributed by atoms with van der Waals surface area (Å²) in [6, 6.07) is 0. The Morgan fingerprint density at radius 1 is 1.25 bits per heavy atom. The van der Waals surface area contributed by atoms with E-state index in [0.29, 0.717) is 6.10 Å². The first-order valence-corrected chi connectivity index (χ1v) is 6.58. The quantitative estimate of drug-likeness (QED) is 0.801. The van der Waals surface area contributed by atoms with Crippen molar-refractivity contribution < 1.29 is 14.6 Å². The predicted octanol–water partition coefficient (Wildman–Crippen LogP) is 2.98. The molecule has 2 aliphatic rings. The molecular weight excluding hydrogens is 204 g/mol. The van der Waals surface area contributed by atoms with Gasteiger partial charge in [-0.15, -0.1) is 0 Å². The Morgan fingerprint density at radius 2 is 2.00 bits per heavy atom. The number of aliphatic carboxylic acids is 1. The second-order valence-corrected chi connectivity index (χ2v) is 5.32. The van der Waals surface area contributed by atoms with Gasteiger partial charge in [0.15, 0.2) is 0 Å². The minimum atomic E-state index is -0.579. The van der Waals surface area contributed by atoms with Gasteiger partial charge in [0.05, 0.1) is 11.5 Å². The number of ether oxygens (including phenoxy) is 1. The van der Waals surface area contributed by atoms with E-state index in [2.05, 4.69) is 0 Å². The fraction of sp³-hybridized carbons (Fsp3) is 0.923. The van der Waals surface area contributed by atoms with Crippen molar-refractivity contribution in [2.24, 2.45) is 5.41 Å². The molecule has 1 atom stereocenters. The maximum Gasteiger partial charge on any atom is 0.309 e. The van der Waals surface area contributed by atoms with E-state index in [1.807, 2.05) is 0 Å². The Balaban J connectivity index is 1.88. The van der Waals surface area contributed by atoms with Gasteiger partial charge in [-0.05, 0) is 38.5 Å². The molecule has 3 heteroatoms. The van der Waals surface area contributed by atoms with Crippen LogP contribution in [0, 0.1) is 5.41 Å². The van der Waals surface area contributed by atoms with Crippen molar-refractivity contribution in [3.8, 4) is 0 Å². The normalized spacial score (nSPS) is 29.1. The van der Waals surface area contributed by atoms with Crippen LogP contribution >= 0.6 is 0 Å². The Labute approximate surface area is 97.2 Å². The van der Waals surface area contributed by atoms with Gasteiger partial charge < -0.3 is 9.84 Å². The third-order valence-electron chi connectivity index (χ3n) is 4.23. The summed E-state index contributed by atoms with van der Waals surface area (Å²) in [6.45, 7) is 0.866. The first-order valence-electron chi connectivity index (χ1n) is 6.58. The van der Waals surface area contributed by atoms with Crippen LogP contribution in [0.1, 0.15) is 57.8 Å². The summed E-state index contributed by atoms with van der Waals surface area (Å²) in [4.78, 5) is 11.4. The van der Waals surface area contributed by atoms with E-state index in [-0.39, 0.29) is 0 Å². The predicted molar refractivity (Wildman–Crippen MR) is 61.4 cm³/mol. The lowest BCUT2D eigenvalue weighted by Gasteiger charge is -2.33. The molecule has 1 saturated carbocycles. The van der Waals surface area contributed by atoms with Gasteiger partial charge in [-0.1, -0.05) is 19.3 Å². The highest BCUT2D eigenvalue weighted by Crippen LogP contribution is 2.41. The summed E-state index contributed by atoms with van der Waals surface area (Å²) >= 11 is 0. The Bertz CT molecular complexity index is 238. The van der Waals surface area contributed by atoms with Crippen LogP contribution in [0.25, 0.3) is 0 Å². The molecule has 1 N–H and O–H groups in total.